The Bertz CT molecular complexity index is 884. The highest BCUT2D eigenvalue weighted by molar-refractivity contribution is 9.11. The van der Waals surface area contributed by atoms with Gasteiger partial charge in [0.25, 0.3) is 5.09 Å². The zero-order valence-corrected chi connectivity index (χ0v) is 22.9. The number of nitrogens with zero attached hydrogens (tertiary/aromatic N) is 2. The minimum Gasteiger partial charge on any atom is -0.462 e. The number of anilines is 2. The van der Waals surface area contributed by atoms with Gasteiger partial charge in [0.15, 0.2) is 0 Å². The molecule has 1 amide bonds. The Morgan fingerprint density at radius 3 is 2.44 bits per heavy atom. The van der Waals surface area contributed by atoms with Gasteiger partial charge in [-0.1, -0.05) is 15.9 Å². The number of hydrogen-bond acceptors (Lipinski definition) is 8. The monoisotopic (exact) mass is 607 g/mol. The molecular weight excluding hydrogens is 578 g/mol. The number of ether oxygens (including phenoxy) is 2. The first-order chi connectivity index (χ1) is 15.9. The van der Waals surface area contributed by atoms with Gasteiger partial charge in [0.1, 0.15) is 11.7 Å². The van der Waals surface area contributed by atoms with Crippen molar-refractivity contribution in [3.63, 3.8) is 0 Å². The topological polar surface area (TPSA) is 120 Å². The molecule has 0 bridgehead atoms. The maximum atomic E-state index is 12.4. The molecule has 0 saturated heterocycles. The zero-order valence-electron chi connectivity index (χ0n) is 19.8. The normalized spacial score (nSPS) is 18.1. The first kappa shape index (κ1) is 28.2. The highest BCUT2D eigenvalue weighted by Gasteiger charge is 2.28. The van der Waals surface area contributed by atoms with Gasteiger partial charge < -0.3 is 19.2 Å². The average molecular weight is 609 g/mol. The van der Waals surface area contributed by atoms with Crippen LogP contribution in [0.3, 0.4) is 0 Å². The molecule has 10 nitrogen and oxygen atoms in total. The molecule has 1 aromatic rings. The molecule has 2 rings (SSSR count). The van der Waals surface area contributed by atoms with Crippen LogP contribution in [0, 0.1) is 10.1 Å². The van der Waals surface area contributed by atoms with E-state index in [2.05, 4.69) is 46.9 Å². The molecule has 0 heterocycles. The predicted molar refractivity (Wildman–Crippen MR) is 134 cm³/mol. The molecular formula is C22H31Br2N3O7. The number of nitrogens with one attached hydrogen (secondary N) is 1. The van der Waals surface area contributed by atoms with Gasteiger partial charge in [-0.3, -0.25) is 10.1 Å². The fraction of sp³-hybridized carbons (Fsp3) is 0.636. The number of esters is 1. The molecule has 0 unspecified atom stereocenters. The Labute approximate surface area is 216 Å². The molecule has 190 valence electrons. The van der Waals surface area contributed by atoms with Crippen LogP contribution in [-0.2, 0) is 19.1 Å². The second-order valence-electron chi connectivity index (χ2n) is 9.10. The summed E-state index contributed by atoms with van der Waals surface area (Å²) >= 11 is 7.06. The lowest BCUT2D eigenvalue weighted by Crippen LogP contribution is -2.38. The summed E-state index contributed by atoms with van der Waals surface area (Å²) in [4.78, 5) is 40.9. The Kier molecular flexibility index (Phi) is 10.4. The molecule has 12 heteroatoms. The van der Waals surface area contributed by atoms with Gasteiger partial charge in [-0.2, -0.15) is 0 Å². The number of benzene rings is 1. The number of carbonyl (C=O) groups excluding carboxylic acids is 2. The smallest absolute Gasteiger partial charge is 0.412 e. The van der Waals surface area contributed by atoms with E-state index >= 15 is 0 Å². The van der Waals surface area contributed by atoms with Crippen LogP contribution in [0.4, 0.5) is 16.2 Å². The second kappa shape index (κ2) is 12.6. The van der Waals surface area contributed by atoms with Crippen LogP contribution in [0.15, 0.2) is 21.1 Å². The summed E-state index contributed by atoms with van der Waals surface area (Å²) in [7, 11) is 1.97. The third-order valence-electron chi connectivity index (χ3n) is 5.25. The average Bonchev–Trinajstić information content (AvgIpc) is 2.71. The fourth-order valence-corrected chi connectivity index (χ4v) is 5.02. The number of carbonyl (C=O) groups is 2. The highest BCUT2D eigenvalue weighted by atomic mass is 79.9. The van der Waals surface area contributed by atoms with Crippen molar-refractivity contribution in [2.75, 3.05) is 23.9 Å². The Morgan fingerprint density at radius 1 is 1.21 bits per heavy atom. The summed E-state index contributed by atoms with van der Waals surface area (Å²) in [5.41, 5.74) is 0.830. The third-order valence-corrected chi connectivity index (χ3v) is 6.33. The zero-order chi connectivity index (χ0) is 25.5. The van der Waals surface area contributed by atoms with Crippen LogP contribution < -0.4 is 10.2 Å². The molecule has 1 aliphatic carbocycles. The summed E-state index contributed by atoms with van der Waals surface area (Å²) < 4.78 is 12.5. The Morgan fingerprint density at radius 2 is 1.85 bits per heavy atom. The quantitative estimate of drug-likeness (QED) is 0.161. The maximum absolute atomic E-state index is 12.4. The first-order valence-electron chi connectivity index (χ1n) is 11.0. The number of hydrogen-bond donors (Lipinski definition) is 1. The van der Waals surface area contributed by atoms with Gasteiger partial charge in [-0.05, 0) is 80.9 Å². The van der Waals surface area contributed by atoms with Crippen molar-refractivity contribution in [3.8, 4) is 0 Å². The van der Waals surface area contributed by atoms with E-state index < -0.39 is 16.8 Å². The molecule has 1 aliphatic rings. The lowest BCUT2D eigenvalue weighted by Gasteiger charge is -2.37. The molecule has 1 N–H and O–H groups in total. The van der Waals surface area contributed by atoms with E-state index in [4.69, 9.17) is 9.47 Å². The van der Waals surface area contributed by atoms with Crippen LogP contribution in [0.1, 0.15) is 59.3 Å². The van der Waals surface area contributed by atoms with Crippen LogP contribution in [0.25, 0.3) is 0 Å². The predicted octanol–water partition coefficient (Wildman–Crippen LogP) is 5.84. The molecule has 0 spiro atoms. The summed E-state index contributed by atoms with van der Waals surface area (Å²) in [5.74, 6) is -0.372. The Balaban J connectivity index is 1.96. The molecule has 0 atom stereocenters. The van der Waals surface area contributed by atoms with E-state index in [9.17, 15) is 19.7 Å². The SMILES string of the molecule is CN(c1cc(Br)cc(Br)c1NC(=O)OC(C)(C)C)[C@H]1CC[C@H](OC(=O)CCCO[N+](=O)[O-])CC1. The van der Waals surface area contributed by atoms with Gasteiger partial charge >= 0.3 is 12.1 Å². The lowest BCUT2D eigenvalue weighted by atomic mass is 9.91. The maximum Gasteiger partial charge on any atom is 0.412 e. The third kappa shape index (κ3) is 9.28. The van der Waals surface area contributed by atoms with Gasteiger partial charge in [-0.15, -0.1) is 10.1 Å². The summed E-state index contributed by atoms with van der Waals surface area (Å²) in [6.07, 6.45) is 2.62. The van der Waals surface area contributed by atoms with Crippen molar-refractivity contribution in [1.82, 2.24) is 0 Å². The molecule has 0 radical (unpaired) electrons. The van der Waals surface area contributed by atoms with Gasteiger partial charge in [-0.25, -0.2) is 4.79 Å². The van der Waals surface area contributed by atoms with Crippen molar-refractivity contribution >= 4 is 55.3 Å². The first-order valence-corrected chi connectivity index (χ1v) is 12.6. The largest absolute Gasteiger partial charge is 0.462 e. The molecule has 1 saturated carbocycles. The summed E-state index contributed by atoms with van der Waals surface area (Å²) in [6, 6.07) is 3.98. The van der Waals surface area contributed by atoms with Gasteiger partial charge in [0.05, 0.1) is 18.0 Å². The summed E-state index contributed by atoms with van der Waals surface area (Å²) in [6.45, 7) is 5.30. The molecule has 0 aliphatic heterocycles. The molecule has 0 aromatic heterocycles. The van der Waals surface area contributed by atoms with Crippen molar-refractivity contribution in [2.45, 2.75) is 77.0 Å². The highest BCUT2D eigenvalue weighted by Crippen LogP contribution is 2.39. The standard InChI is InChI=1S/C22H31Br2N3O7/c1-22(2,3)34-21(29)25-20-17(24)12-14(23)13-18(20)26(4)15-7-9-16(10-8-15)33-19(28)6-5-11-32-27(30)31/h12-13,15-16H,5-11H2,1-4H3,(H,25,29)/t15-,16-. The van der Waals surface area contributed by atoms with E-state index in [0.717, 1.165) is 27.5 Å². The van der Waals surface area contributed by atoms with Gasteiger partial charge in [0.2, 0.25) is 0 Å². The van der Waals surface area contributed by atoms with Crippen molar-refractivity contribution in [2.24, 2.45) is 0 Å². The van der Waals surface area contributed by atoms with E-state index in [0.29, 0.717) is 18.5 Å². The van der Waals surface area contributed by atoms with Gasteiger partial charge in [0, 0.05) is 28.5 Å². The number of halogens is 2. The van der Waals surface area contributed by atoms with E-state index in [-0.39, 0.29) is 37.6 Å². The fourth-order valence-electron chi connectivity index (χ4n) is 3.72. The van der Waals surface area contributed by atoms with Crippen LogP contribution in [0.2, 0.25) is 0 Å². The minimum atomic E-state index is -0.874. The molecule has 1 fully saturated rings. The van der Waals surface area contributed by atoms with Crippen LogP contribution in [0.5, 0.6) is 0 Å². The number of amides is 1. The molecule has 1 aromatic carbocycles. The summed E-state index contributed by atoms with van der Waals surface area (Å²) in [5, 5.41) is 12.1. The second-order valence-corrected chi connectivity index (χ2v) is 10.9. The number of rotatable bonds is 9. The van der Waals surface area contributed by atoms with E-state index in [1.165, 1.54) is 0 Å². The lowest BCUT2D eigenvalue weighted by molar-refractivity contribution is -0.757. The van der Waals surface area contributed by atoms with Crippen molar-refractivity contribution in [3.05, 3.63) is 31.2 Å². The van der Waals surface area contributed by atoms with Crippen LogP contribution in [-0.4, -0.2) is 48.6 Å². The Hall–Kier alpha value is -2.08. The van der Waals surface area contributed by atoms with Crippen molar-refractivity contribution in [1.29, 1.82) is 0 Å². The van der Waals surface area contributed by atoms with Crippen molar-refractivity contribution < 1.29 is 29.0 Å². The minimum absolute atomic E-state index is 0.0828. The van der Waals surface area contributed by atoms with E-state index in [1.54, 1.807) is 0 Å². The van der Waals surface area contributed by atoms with E-state index in [1.807, 2.05) is 40.0 Å². The molecule has 34 heavy (non-hydrogen) atoms. The van der Waals surface area contributed by atoms with Crippen LogP contribution >= 0.6 is 31.9 Å².